The van der Waals surface area contributed by atoms with Gasteiger partial charge < -0.3 is 10.5 Å². The van der Waals surface area contributed by atoms with Gasteiger partial charge in [-0.25, -0.2) is 0 Å². The maximum absolute atomic E-state index is 6.20. The summed E-state index contributed by atoms with van der Waals surface area (Å²) < 4.78 is 7.40. The van der Waals surface area contributed by atoms with Crippen LogP contribution in [-0.4, -0.2) is 28.5 Å². The first-order valence-corrected chi connectivity index (χ1v) is 5.88. The lowest BCUT2D eigenvalue weighted by Crippen LogP contribution is -2.44. The van der Waals surface area contributed by atoms with Gasteiger partial charge in [-0.1, -0.05) is 0 Å². The molecule has 0 saturated carbocycles. The zero-order chi connectivity index (χ0) is 12.2. The predicted molar refractivity (Wildman–Crippen MR) is 65.4 cm³/mol. The first-order valence-electron chi connectivity index (χ1n) is 5.88. The Morgan fingerprint density at radius 1 is 1.50 bits per heavy atom. The molecule has 4 heteroatoms. The van der Waals surface area contributed by atoms with Gasteiger partial charge in [-0.05, 0) is 33.8 Å². The van der Waals surface area contributed by atoms with E-state index in [2.05, 4.69) is 18.1 Å². The Kier molecular flexibility index (Phi) is 4.50. The third kappa shape index (κ3) is 3.61. The van der Waals surface area contributed by atoms with E-state index in [1.807, 2.05) is 25.5 Å². The number of nitrogens with zero attached hydrogens (tertiary/aromatic N) is 2. The molecule has 1 rings (SSSR count). The van der Waals surface area contributed by atoms with E-state index in [4.69, 9.17) is 10.5 Å². The second kappa shape index (κ2) is 5.46. The fraction of sp³-hybridized carbons (Fsp3) is 0.750. The van der Waals surface area contributed by atoms with E-state index >= 15 is 0 Å². The largest absolute Gasteiger partial charge is 0.380 e. The van der Waals surface area contributed by atoms with Gasteiger partial charge in [0.2, 0.25) is 0 Å². The van der Waals surface area contributed by atoms with Crippen molar-refractivity contribution in [3.63, 3.8) is 0 Å². The Morgan fingerprint density at radius 3 is 2.75 bits per heavy atom. The van der Waals surface area contributed by atoms with E-state index in [1.165, 1.54) is 5.69 Å². The lowest BCUT2D eigenvalue weighted by Gasteiger charge is -2.24. The molecule has 1 aromatic rings. The lowest BCUT2D eigenvalue weighted by atomic mass is 9.98. The van der Waals surface area contributed by atoms with Crippen LogP contribution in [0.5, 0.6) is 0 Å². The van der Waals surface area contributed by atoms with E-state index in [0.29, 0.717) is 13.2 Å². The van der Waals surface area contributed by atoms with Crippen molar-refractivity contribution >= 4 is 0 Å². The van der Waals surface area contributed by atoms with Gasteiger partial charge in [0.25, 0.3) is 0 Å². The number of rotatable bonds is 6. The van der Waals surface area contributed by atoms with E-state index in [-0.39, 0.29) is 5.54 Å². The number of hydrogen-bond acceptors (Lipinski definition) is 3. The van der Waals surface area contributed by atoms with Crippen molar-refractivity contribution in [3.05, 3.63) is 17.5 Å². The van der Waals surface area contributed by atoms with Gasteiger partial charge in [0.15, 0.2) is 0 Å². The monoisotopic (exact) mass is 225 g/mol. The molecule has 0 aromatic carbocycles. The van der Waals surface area contributed by atoms with Crippen LogP contribution in [0.25, 0.3) is 0 Å². The van der Waals surface area contributed by atoms with Crippen LogP contribution in [0, 0.1) is 6.92 Å². The van der Waals surface area contributed by atoms with Crippen molar-refractivity contribution in [2.75, 3.05) is 13.2 Å². The predicted octanol–water partition coefficient (Wildman–Crippen LogP) is 1.51. The third-order valence-corrected chi connectivity index (χ3v) is 2.51. The summed E-state index contributed by atoms with van der Waals surface area (Å²) in [7, 11) is 0. The standard InChI is InChI=1S/C12H23N3O/c1-5-15-11(7-10(3)14-15)8-12(4,13)9-16-6-2/h7H,5-6,8-9,13H2,1-4H3. The van der Waals surface area contributed by atoms with Crippen molar-refractivity contribution in [2.24, 2.45) is 5.73 Å². The molecule has 0 amide bonds. The molecule has 0 spiro atoms. The minimum atomic E-state index is -0.324. The number of ether oxygens (including phenoxy) is 1. The molecule has 0 aliphatic carbocycles. The highest BCUT2D eigenvalue weighted by atomic mass is 16.5. The molecule has 0 aliphatic rings. The minimum Gasteiger partial charge on any atom is -0.380 e. The molecule has 1 heterocycles. The summed E-state index contributed by atoms with van der Waals surface area (Å²) in [6, 6.07) is 2.10. The van der Waals surface area contributed by atoms with E-state index in [9.17, 15) is 0 Å². The zero-order valence-corrected chi connectivity index (χ0v) is 10.8. The molecular formula is C12H23N3O. The van der Waals surface area contributed by atoms with Crippen LogP contribution >= 0.6 is 0 Å². The molecule has 92 valence electrons. The van der Waals surface area contributed by atoms with Crippen molar-refractivity contribution in [1.82, 2.24) is 9.78 Å². The van der Waals surface area contributed by atoms with Crippen LogP contribution in [0.4, 0.5) is 0 Å². The summed E-state index contributed by atoms with van der Waals surface area (Å²) in [5.41, 5.74) is 8.11. The molecule has 1 unspecified atom stereocenters. The van der Waals surface area contributed by atoms with Crippen molar-refractivity contribution in [3.8, 4) is 0 Å². The number of hydrogen-bond donors (Lipinski definition) is 1. The van der Waals surface area contributed by atoms with Gasteiger partial charge in [0, 0.05) is 30.8 Å². The minimum absolute atomic E-state index is 0.324. The Labute approximate surface area is 97.8 Å². The van der Waals surface area contributed by atoms with E-state index in [1.54, 1.807) is 0 Å². The first kappa shape index (κ1) is 13.2. The number of nitrogens with two attached hydrogens (primary N) is 1. The smallest absolute Gasteiger partial charge is 0.0647 e. The average molecular weight is 225 g/mol. The maximum atomic E-state index is 6.20. The molecule has 2 N–H and O–H groups in total. The summed E-state index contributed by atoms with van der Waals surface area (Å²) in [5.74, 6) is 0. The average Bonchev–Trinajstić information content (AvgIpc) is 2.55. The highest BCUT2D eigenvalue weighted by Gasteiger charge is 2.21. The first-order chi connectivity index (χ1) is 7.48. The zero-order valence-electron chi connectivity index (χ0n) is 10.8. The topological polar surface area (TPSA) is 53.1 Å². The van der Waals surface area contributed by atoms with E-state index in [0.717, 1.165) is 18.7 Å². The Morgan fingerprint density at radius 2 is 2.19 bits per heavy atom. The maximum Gasteiger partial charge on any atom is 0.0647 e. The summed E-state index contributed by atoms with van der Waals surface area (Å²) in [6.45, 7) is 10.3. The second-order valence-electron chi connectivity index (χ2n) is 4.56. The van der Waals surface area contributed by atoms with Crippen molar-refractivity contribution < 1.29 is 4.74 Å². The molecule has 1 aromatic heterocycles. The number of aromatic nitrogens is 2. The van der Waals surface area contributed by atoms with Crippen LogP contribution in [0.3, 0.4) is 0 Å². The normalized spacial score (nSPS) is 15.1. The fourth-order valence-corrected chi connectivity index (χ4v) is 1.82. The Balaban J connectivity index is 2.70. The molecule has 16 heavy (non-hydrogen) atoms. The van der Waals surface area contributed by atoms with Crippen LogP contribution in [0.2, 0.25) is 0 Å². The van der Waals surface area contributed by atoms with E-state index < -0.39 is 0 Å². The molecule has 0 saturated heterocycles. The van der Waals surface area contributed by atoms with Gasteiger partial charge in [0.1, 0.15) is 0 Å². The summed E-state index contributed by atoms with van der Waals surface area (Å²) in [4.78, 5) is 0. The van der Waals surface area contributed by atoms with Gasteiger partial charge in [-0.15, -0.1) is 0 Å². The van der Waals surface area contributed by atoms with Crippen LogP contribution in [0.1, 0.15) is 32.2 Å². The molecule has 0 fully saturated rings. The third-order valence-electron chi connectivity index (χ3n) is 2.51. The Bertz CT molecular complexity index is 331. The van der Waals surface area contributed by atoms with Gasteiger partial charge in [0.05, 0.1) is 12.3 Å². The molecule has 0 aliphatic heterocycles. The van der Waals surface area contributed by atoms with Crippen molar-refractivity contribution in [2.45, 2.75) is 46.2 Å². The van der Waals surface area contributed by atoms with Crippen molar-refractivity contribution in [1.29, 1.82) is 0 Å². The summed E-state index contributed by atoms with van der Waals surface area (Å²) in [6.07, 6.45) is 0.793. The highest BCUT2D eigenvalue weighted by Crippen LogP contribution is 2.13. The van der Waals surface area contributed by atoms with Gasteiger partial charge in [-0.2, -0.15) is 5.10 Å². The van der Waals surface area contributed by atoms with Crippen LogP contribution in [-0.2, 0) is 17.7 Å². The number of aryl methyl sites for hydroxylation is 2. The van der Waals surface area contributed by atoms with Gasteiger partial charge >= 0.3 is 0 Å². The second-order valence-corrected chi connectivity index (χ2v) is 4.56. The summed E-state index contributed by atoms with van der Waals surface area (Å²) >= 11 is 0. The SMILES string of the molecule is CCOCC(C)(N)Cc1cc(C)nn1CC. The fourth-order valence-electron chi connectivity index (χ4n) is 1.82. The molecule has 1 atom stereocenters. The van der Waals surface area contributed by atoms with Crippen LogP contribution in [0.15, 0.2) is 6.07 Å². The van der Waals surface area contributed by atoms with Gasteiger partial charge in [-0.3, -0.25) is 4.68 Å². The Hall–Kier alpha value is -0.870. The lowest BCUT2D eigenvalue weighted by molar-refractivity contribution is 0.100. The quantitative estimate of drug-likeness (QED) is 0.798. The molecule has 0 bridgehead atoms. The molecule has 4 nitrogen and oxygen atoms in total. The molecular weight excluding hydrogens is 202 g/mol. The highest BCUT2D eigenvalue weighted by molar-refractivity contribution is 5.12. The van der Waals surface area contributed by atoms with Crippen LogP contribution < -0.4 is 5.73 Å². The summed E-state index contributed by atoms with van der Waals surface area (Å²) in [5, 5.41) is 4.41. The molecule has 0 radical (unpaired) electrons.